The normalized spacial score (nSPS) is 18.4. The summed E-state index contributed by atoms with van der Waals surface area (Å²) in [4.78, 5) is 51.7. The maximum absolute atomic E-state index is 13.6. The number of rotatable bonds is 13. The molecule has 3 atom stereocenters. The number of hydrogen-bond acceptors (Lipinski definition) is 8. The van der Waals surface area contributed by atoms with Gasteiger partial charge in [-0.2, -0.15) is 12.6 Å². The SMILES string of the molecule is NC(CCC(=O)NC(CS)C(=O)N(Cc1ccccc1)C(Br)C(=O)OC1CCCC1)C(=O)OC1CCCC1. The molecular formula is C27H38BrN3O6S. The quantitative estimate of drug-likeness (QED) is 0.135. The Labute approximate surface area is 238 Å². The Kier molecular flexibility index (Phi) is 12.4. The van der Waals surface area contributed by atoms with Gasteiger partial charge < -0.3 is 25.4 Å². The lowest BCUT2D eigenvalue weighted by Gasteiger charge is -2.31. The first-order chi connectivity index (χ1) is 18.3. The summed E-state index contributed by atoms with van der Waals surface area (Å²) in [6, 6.07) is 7.34. The Morgan fingerprint density at radius 1 is 0.974 bits per heavy atom. The smallest absolute Gasteiger partial charge is 0.340 e. The number of halogens is 1. The Morgan fingerprint density at radius 3 is 2.08 bits per heavy atom. The van der Waals surface area contributed by atoms with Gasteiger partial charge >= 0.3 is 11.9 Å². The molecule has 3 unspecified atom stereocenters. The first-order valence-corrected chi connectivity index (χ1v) is 14.9. The molecule has 1 aromatic rings. The van der Waals surface area contributed by atoms with Gasteiger partial charge in [0.05, 0.1) is 0 Å². The standard InChI is InChI=1S/C27H38BrN3O6S/c28-24(27(35)37-20-12-6-7-13-20)31(16-18-8-2-1-3-9-18)25(33)22(17-38)30-23(32)15-14-21(29)26(34)36-19-10-4-5-11-19/h1-3,8-9,19-22,24,38H,4-7,10-17,29H2,(H,30,32). The maximum atomic E-state index is 13.6. The highest BCUT2D eigenvalue weighted by molar-refractivity contribution is 9.09. The lowest BCUT2D eigenvalue weighted by atomic mass is 10.1. The number of hydrogen-bond donors (Lipinski definition) is 3. The van der Waals surface area contributed by atoms with Gasteiger partial charge in [0, 0.05) is 18.7 Å². The molecule has 3 rings (SSSR count). The molecular weight excluding hydrogens is 574 g/mol. The number of carbonyl (C=O) groups is 4. The van der Waals surface area contributed by atoms with Crippen LogP contribution in [0.15, 0.2) is 30.3 Å². The molecule has 0 spiro atoms. The van der Waals surface area contributed by atoms with Crippen molar-refractivity contribution in [3.8, 4) is 0 Å². The molecule has 0 heterocycles. The van der Waals surface area contributed by atoms with E-state index in [0.717, 1.165) is 56.9 Å². The number of nitrogens with two attached hydrogens (primary N) is 1. The molecule has 0 bridgehead atoms. The van der Waals surface area contributed by atoms with E-state index in [0.29, 0.717) is 0 Å². The van der Waals surface area contributed by atoms with Crippen molar-refractivity contribution in [1.29, 1.82) is 0 Å². The Hall–Kier alpha value is -2.11. The third-order valence-corrected chi connectivity index (χ3v) is 8.15. The molecule has 2 saturated carbocycles. The molecule has 2 amide bonds. The Morgan fingerprint density at radius 2 is 1.53 bits per heavy atom. The molecule has 0 radical (unpaired) electrons. The number of ether oxygens (including phenoxy) is 2. The van der Waals surface area contributed by atoms with Crippen LogP contribution in [0.5, 0.6) is 0 Å². The predicted molar refractivity (Wildman–Crippen MR) is 149 cm³/mol. The van der Waals surface area contributed by atoms with Crippen LogP contribution in [0, 0.1) is 0 Å². The van der Waals surface area contributed by atoms with Crippen LogP contribution >= 0.6 is 28.6 Å². The molecule has 3 N–H and O–H groups in total. The number of benzene rings is 1. The van der Waals surface area contributed by atoms with Gasteiger partial charge in [0.1, 0.15) is 24.3 Å². The molecule has 2 aliphatic rings. The maximum Gasteiger partial charge on any atom is 0.340 e. The summed E-state index contributed by atoms with van der Waals surface area (Å²) in [7, 11) is 0. The number of amides is 2. The fourth-order valence-corrected chi connectivity index (χ4v) is 5.42. The van der Waals surface area contributed by atoms with Crippen molar-refractivity contribution in [1.82, 2.24) is 10.2 Å². The molecule has 0 aromatic heterocycles. The minimum atomic E-state index is -1.03. The molecule has 2 fully saturated rings. The zero-order valence-electron chi connectivity index (χ0n) is 21.6. The highest BCUT2D eigenvalue weighted by Crippen LogP contribution is 2.24. The average Bonchev–Trinajstić information content (AvgIpc) is 3.63. The van der Waals surface area contributed by atoms with Gasteiger partial charge in [-0.05, 0) is 63.4 Å². The predicted octanol–water partition coefficient (Wildman–Crippen LogP) is 3.23. The van der Waals surface area contributed by atoms with Crippen molar-refractivity contribution < 1.29 is 28.7 Å². The van der Waals surface area contributed by atoms with E-state index >= 15 is 0 Å². The van der Waals surface area contributed by atoms with E-state index in [4.69, 9.17) is 15.2 Å². The van der Waals surface area contributed by atoms with Crippen molar-refractivity contribution in [2.24, 2.45) is 5.73 Å². The van der Waals surface area contributed by atoms with E-state index in [1.165, 1.54) is 4.90 Å². The Balaban J connectivity index is 1.59. The van der Waals surface area contributed by atoms with E-state index in [2.05, 4.69) is 33.9 Å². The van der Waals surface area contributed by atoms with Crippen LogP contribution in [-0.4, -0.2) is 63.6 Å². The number of thiol groups is 1. The van der Waals surface area contributed by atoms with Gasteiger partial charge in [-0.1, -0.05) is 46.3 Å². The summed E-state index contributed by atoms with van der Waals surface area (Å²) in [6.45, 7) is 0.132. The number of esters is 2. The van der Waals surface area contributed by atoms with Gasteiger partial charge in [-0.3, -0.25) is 14.4 Å². The van der Waals surface area contributed by atoms with Crippen molar-refractivity contribution in [2.45, 2.75) is 100.0 Å². The molecule has 0 saturated heterocycles. The summed E-state index contributed by atoms with van der Waals surface area (Å²) in [5, 5.41) is 2.68. The van der Waals surface area contributed by atoms with Crippen molar-refractivity contribution in [3.63, 3.8) is 0 Å². The molecule has 2 aliphatic carbocycles. The summed E-state index contributed by atoms with van der Waals surface area (Å²) < 4.78 is 11.0. The van der Waals surface area contributed by atoms with Crippen LogP contribution < -0.4 is 11.1 Å². The lowest BCUT2D eigenvalue weighted by molar-refractivity contribution is -0.155. The molecule has 9 nitrogen and oxygen atoms in total. The van der Waals surface area contributed by atoms with Crippen LogP contribution in [-0.2, 0) is 35.2 Å². The number of alkyl halides is 1. The number of nitrogens with zero attached hydrogens (tertiary/aromatic N) is 1. The van der Waals surface area contributed by atoms with Crippen LogP contribution in [0.2, 0.25) is 0 Å². The van der Waals surface area contributed by atoms with E-state index in [9.17, 15) is 19.2 Å². The summed E-state index contributed by atoms with van der Waals surface area (Å²) in [5.41, 5.74) is 6.75. The van der Waals surface area contributed by atoms with Crippen LogP contribution in [0.25, 0.3) is 0 Å². The summed E-state index contributed by atoms with van der Waals surface area (Å²) >= 11 is 7.64. The van der Waals surface area contributed by atoms with Crippen molar-refractivity contribution >= 4 is 52.3 Å². The third-order valence-electron chi connectivity index (χ3n) is 6.92. The van der Waals surface area contributed by atoms with Gasteiger partial charge in [-0.15, -0.1) is 0 Å². The fraction of sp³-hybridized carbons (Fsp3) is 0.630. The topological polar surface area (TPSA) is 128 Å². The average molecular weight is 613 g/mol. The number of nitrogens with one attached hydrogen (secondary N) is 1. The molecule has 1 aromatic carbocycles. The van der Waals surface area contributed by atoms with Crippen LogP contribution in [0.3, 0.4) is 0 Å². The molecule has 210 valence electrons. The molecule has 0 aliphatic heterocycles. The summed E-state index contributed by atoms with van der Waals surface area (Å²) in [6.07, 6.45) is 7.16. The second kappa shape index (κ2) is 15.5. The second-order valence-electron chi connectivity index (χ2n) is 9.92. The fourth-order valence-electron chi connectivity index (χ4n) is 4.72. The zero-order chi connectivity index (χ0) is 27.5. The highest BCUT2D eigenvalue weighted by Gasteiger charge is 2.35. The highest BCUT2D eigenvalue weighted by atomic mass is 79.9. The van der Waals surface area contributed by atoms with E-state index in [1.807, 2.05) is 30.3 Å². The van der Waals surface area contributed by atoms with Gasteiger partial charge in [-0.25, -0.2) is 4.79 Å². The van der Waals surface area contributed by atoms with E-state index in [-0.39, 0.29) is 37.3 Å². The van der Waals surface area contributed by atoms with Crippen molar-refractivity contribution in [3.05, 3.63) is 35.9 Å². The van der Waals surface area contributed by atoms with E-state index < -0.39 is 40.8 Å². The largest absolute Gasteiger partial charge is 0.461 e. The van der Waals surface area contributed by atoms with Crippen LogP contribution in [0.4, 0.5) is 0 Å². The minimum absolute atomic E-state index is 0.0169. The first kappa shape index (κ1) is 30.4. The molecule has 11 heteroatoms. The molecule has 38 heavy (non-hydrogen) atoms. The summed E-state index contributed by atoms with van der Waals surface area (Å²) in [5.74, 6) is -1.96. The monoisotopic (exact) mass is 611 g/mol. The van der Waals surface area contributed by atoms with Crippen molar-refractivity contribution in [2.75, 3.05) is 5.75 Å². The zero-order valence-corrected chi connectivity index (χ0v) is 24.0. The third kappa shape index (κ3) is 9.27. The number of carbonyl (C=O) groups excluding carboxylic acids is 4. The van der Waals surface area contributed by atoms with Crippen LogP contribution in [0.1, 0.15) is 69.8 Å². The Bertz CT molecular complexity index is 940. The van der Waals surface area contributed by atoms with Gasteiger partial charge in [0.15, 0.2) is 4.95 Å². The van der Waals surface area contributed by atoms with Gasteiger partial charge in [0.25, 0.3) is 0 Å². The van der Waals surface area contributed by atoms with Gasteiger partial charge in [0.2, 0.25) is 11.8 Å². The van der Waals surface area contributed by atoms with E-state index in [1.54, 1.807) is 0 Å². The minimum Gasteiger partial charge on any atom is -0.461 e. The second-order valence-corrected chi connectivity index (χ2v) is 11.2. The lowest BCUT2D eigenvalue weighted by Crippen LogP contribution is -2.53. The first-order valence-electron chi connectivity index (χ1n) is 13.3.